The number of aryl methyl sites for hydroxylation is 2. The molecule has 148 valence electrons. The summed E-state index contributed by atoms with van der Waals surface area (Å²) in [5.74, 6) is 1.98. The molecule has 1 saturated heterocycles. The van der Waals surface area contributed by atoms with Crippen molar-refractivity contribution in [3.8, 4) is 0 Å². The van der Waals surface area contributed by atoms with Gasteiger partial charge in [0.2, 0.25) is 10.0 Å². The van der Waals surface area contributed by atoms with E-state index in [-0.39, 0.29) is 42.2 Å². The van der Waals surface area contributed by atoms with Crippen LogP contribution in [0.3, 0.4) is 0 Å². The highest BCUT2D eigenvalue weighted by atomic mass is 127. The fourth-order valence-corrected chi connectivity index (χ4v) is 5.26. The molecule has 0 aliphatic carbocycles. The standard InChI is InChI=1S/C17H28N4O2S2.HI/c1-3-14-6-5-7-15(4-2)16(14)20-17(18)19-8-13-25(22,23)21-9-11-24-12-10-21;/h5-7H,3-4,8-13H2,1-2H3,(H3,18,19,20);1H. The van der Waals surface area contributed by atoms with Crippen LogP contribution in [0.1, 0.15) is 25.0 Å². The first-order valence-electron chi connectivity index (χ1n) is 8.71. The van der Waals surface area contributed by atoms with E-state index in [0.29, 0.717) is 13.1 Å². The van der Waals surface area contributed by atoms with Crippen LogP contribution >= 0.6 is 35.7 Å². The molecule has 1 aromatic carbocycles. The number of guanidine groups is 1. The molecule has 1 aliphatic rings. The summed E-state index contributed by atoms with van der Waals surface area (Å²) < 4.78 is 26.2. The van der Waals surface area contributed by atoms with Crippen molar-refractivity contribution in [1.82, 2.24) is 4.31 Å². The number of nitrogens with two attached hydrogens (primary N) is 1. The Morgan fingerprint density at radius 3 is 2.35 bits per heavy atom. The van der Waals surface area contributed by atoms with Crippen molar-refractivity contribution >= 4 is 57.4 Å². The molecule has 6 nitrogen and oxygen atoms in total. The second-order valence-electron chi connectivity index (χ2n) is 5.88. The van der Waals surface area contributed by atoms with E-state index < -0.39 is 10.0 Å². The minimum absolute atomic E-state index is 0. The van der Waals surface area contributed by atoms with Crippen molar-refractivity contribution < 1.29 is 8.42 Å². The number of rotatable bonds is 7. The number of benzene rings is 1. The molecule has 0 aromatic heterocycles. The number of nitrogens with zero attached hydrogens (tertiary/aromatic N) is 2. The Morgan fingerprint density at radius 1 is 1.23 bits per heavy atom. The maximum atomic E-state index is 12.3. The van der Waals surface area contributed by atoms with Gasteiger partial charge in [-0.15, -0.1) is 24.0 Å². The van der Waals surface area contributed by atoms with Crippen molar-refractivity contribution in [3.05, 3.63) is 29.3 Å². The van der Waals surface area contributed by atoms with Gasteiger partial charge in [-0.05, 0) is 24.0 Å². The minimum Gasteiger partial charge on any atom is -0.370 e. The summed E-state index contributed by atoms with van der Waals surface area (Å²) in [6.07, 6.45) is 1.79. The van der Waals surface area contributed by atoms with Crippen LogP contribution in [0.25, 0.3) is 0 Å². The van der Waals surface area contributed by atoms with Gasteiger partial charge in [0.05, 0.1) is 12.3 Å². The summed E-state index contributed by atoms with van der Waals surface area (Å²) in [5, 5.41) is 3.16. The third-order valence-electron chi connectivity index (χ3n) is 4.25. The molecule has 0 unspecified atom stereocenters. The first-order valence-corrected chi connectivity index (χ1v) is 11.5. The predicted octanol–water partition coefficient (Wildman–Crippen LogP) is 2.53. The van der Waals surface area contributed by atoms with Crippen LogP contribution in [0.2, 0.25) is 0 Å². The number of nitrogens with one attached hydrogen (secondary N) is 1. The lowest BCUT2D eigenvalue weighted by molar-refractivity contribution is 0.444. The maximum Gasteiger partial charge on any atom is 0.215 e. The summed E-state index contributed by atoms with van der Waals surface area (Å²) >= 11 is 1.79. The van der Waals surface area contributed by atoms with Gasteiger partial charge in [-0.3, -0.25) is 4.99 Å². The quantitative estimate of drug-likeness (QED) is 0.333. The van der Waals surface area contributed by atoms with Gasteiger partial charge in [0, 0.05) is 30.3 Å². The van der Waals surface area contributed by atoms with E-state index in [1.54, 1.807) is 16.1 Å². The van der Waals surface area contributed by atoms with E-state index in [2.05, 4.69) is 36.3 Å². The van der Waals surface area contributed by atoms with Gasteiger partial charge < -0.3 is 11.1 Å². The highest BCUT2D eigenvalue weighted by Gasteiger charge is 2.23. The van der Waals surface area contributed by atoms with Crippen molar-refractivity contribution in [2.24, 2.45) is 10.7 Å². The molecule has 0 atom stereocenters. The largest absolute Gasteiger partial charge is 0.370 e. The number of sulfonamides is 1. The number of para-hydroxylation sites is 1. The van der Waals surface area contributed by atoms with Crippen LogP contribution in [0.15, 0.2) is 23.2 Å². The molecule has 3 N–H and O–H groups in total. The van der Waals surface area contributed by atoms with Crippen LogP contribution in [-0.4, -0.2) is 55.6 Å². The van der Waals surface area contributed by atoms with Gasteiger partial charge in [-0.2, -0.15) is 11.8 Å². The second-order valence-corrected chi connectivity index (χ2v) is 9.19. The van der Waals surface area contributed by atoms with Gasteiger partial charge >= 0.3 is 0 Å². The average molecular weight is 512 g/mol. The number of hydrogen-bond donors (Lipinski definition) is 2. The lowest BCUT2D eigenvalue weighted by Gasteiger charge is -2.25. The van der Waals surface area contributed by atoms with E-state index in [4.69, 9.17) is 5.73 Å². The zero-order valence-electron chi connectivity index (χ0n) is 15.4. The molecule has 0 amide bonds. The molecule has 1 aliphatic heterocycles. The van der Waals surface area contributed by atoms with Crippen LogP contribution in [0.4, 0.5) is 5.69 Å². The van der Waals surface area contributed by atoms with Crippen LogP contribution in [0, 0.1) is 0 Å². The van der Waals surface area contributed by atoms with Gasteiger partial charge in [-0.1, -0.05) is 32.0 Å². The highest BCUT2D eigenvalue weighted by molar-refractivity contribution is 14.0. The highest BCUT2D eigenvalue weighted by Crippen LogP contribution is 2.22. The van der Waals surface area contributed by atoms with Gasteiger partial charge in [0.15, 0.2) is 5.96 Å². The molecule has 0 saturated carbocycles. The fourth-order valence-electron chi connectivity index (χ4n) is 2.81. The van der Waals surface area contributed by atoms with E-state index in [9.17, 15) is 8.42 Å². The predicted molar refractivity (Wildman–Crippen MR) is 123 cm³/mol. The Labute approximate surface area is 178 Å². The van der Waals surface area contributed by atoms with E-state index in [1.807, 2.05) is 6.07 Å². The number of halogens is 1. The lowest BCUT2D eigenvalue weighted by atomic mass is 10.0. The molecule has 0 spiro atoms. The third kappa shape index (κ3) is 6.58. The zero-order chi connectivity index (χ0) is 18.3. The summed E-state index contributed by atoms with van der Waals surface area (Å²) in [4.78, 5) is 4.22. The Hall–Kier alpha value is -0.520. The summed E-state index contributed by atoms with van der Waals surface area (Å²) in [5.41, 5.74) is 9.33. The van der Waals surface area contributed by atoms with Gasteiger partial charge in [-0.25, -0.2) is 12.7 Å². The Balaban J connectivity index is 0.00000338. The molecule has 26 heavy (non-hydrogen) atoms. The molecule has 9 heteroatoms. The molecule has 0 radical (unpaired) electrons. The zero-order valence-corrected chi connectivity index (χ0v) is 19.4. The molecule has 0 bridgehead atoms. The van der Waals surface area contributed by atoms with E-state index in [1.165, 1.54) is 11.1 Å². The van der Waals surface area contributed by atoms with Crippen molar-refractivity contribution in [2.75, 3.05) is 42.2 Å². The number of aliphatic imine (C=N–C) groups is 1. The smallest absolute Gasteiger partial charge is 0.215 e. The topological polar surface area (TPSA) is 87.8 Å². The van der Waals surface area contributed by atoms with Gasteiger partial charge in [0.25, 0.3) is 0 Å². The average Bonchev–Trinajstić information content (AvgIpc) is 2.62. The normalized spacial score (nSPS) is 16.2. The SMILES string of the molecule is CCc1cccc(CC)c1NC(N)=NCCS(=O)(=O)N1CCSCC1.I. The van der Waals surface area contributed by atoms with Crippen molar-refractivity contribution in [2.45, 2.75) is 26.7 Å². The van der Waals surface area contributed by atoms with Crippen LogP contribution in [0.5, 0.6) is 0 Å². The Morgan fingerprint density at radius 2 is 1.81 bits per heavy atom. The van der Waals surface area contributed by atoms with Gasteiger partial charge in [0.1, 0.15) is 0 Å². The Kier molecular flexibility index (Phi) is 10.3. The second kappa shape index (κ2) is 11.4. The molecule has 1 fully saturated rings. The Bertz CT molecular complexity index is 682. The van der Waals surface area contributed by atoms with E-state index >= 15 is 0 Å². The number of thioether (sulfide) groups is 1. The first-order chi connectivity index (χ1) is 12.0. The minimum atomic E-state index is -3.25. The molecular weight excluding hydrogens is 483 g/mol. The van der Waals surface area contributed by atoms with Crippen LogP contribution in [-0.2, 0) is 22.9 Å². The molecule has 1 aromatic rings. The number of anilines is 1. The van der Waals surface area contributed by atoms with Crippen molar-refractivity contribution in [1.29, 1.82) is 0 Å². The summed E-state index contributed by atoms with van der Waals surface area (Å²) in [7, 11) is -3.25. The summed E-state index contributed by atoms with van der Waals surface area (Å²) in [6, 6.07) is 6.17. The molecule has 1 heterocycles. The molecule has 2 rings (SSSR count). The van der Waals surface area contributed by atoms with Crippen LogP contribution < -0.4 is 11.1 Å². The van der Waals surface area contributed by atoms with Crippen molar-refractivity contribution in [3.63, 3.8) is 0 Å². The summed E-state index contributed by atoms with van der Waals surface area (Å²) in [6.45, 7) is 5.54. The fraction of sp³-hybridized carbons (Fsp3) is 0.588. The number of hydrogen-bond acceptors (Lipinski definition) is 4. The maximum absolute atomic E-state index is 12.3. The molecular formula is C17H29IN4O2S2. The monoisotopic (exact) mass is 512 g/mol. The van der Waals surface area contributed by atoms with E-state index in [0.717, 1.165) is 30.0 Å². The third-order valence-corrected chi connectivity index (χ3v) is 7.04. The first kappa shape index (κ1) is 23.5. The lowest BCUT2D eigenvalue weighted by Crippen LogP contribution is -2.40.